The summed E-state index contributed by atoms with van der Waals surface area (Å²) in [5.74, 6) is -0.465. The molecular weight excluding hydrogens is 372 g/mol. The Balaban J connectivity index is 1.61. The monoisotopic (exact) mass is 390 g/mol. The highest BCUT2D eigenvalue weighted by molar-refractivity contribution is 6.39. The van der Waals surface area contributed by atoms with Crippen LogP contribution < -0.4 is 20.1 Å². The molecule has 7 nitrogen and oxygen atoms in total. The van der Waals surface area contributed by atoms with E-state index in [1.54, 1.807) is 43.3 Å². The molecule has 0 bridgehead atoms. The number of rotatable bonds is 5. The highest BCUT2D eigenvalue weighted by Gasteiger charge is 2.28. The van der Waals surface area contributed by atoms with Gasteiger partial charge < -0.3 is 24.8 Å². The molecule has 1 heterocycles. The maximum absolute atomic E-state index is 12.2. The third-order valence-electron chi connectivity index (χ3n) is 4.31. The van der Waals surface area contributed by atoms with E-state index in [0.717, 1.165) is 5.56 Å². The summed E-state index contributed by atoms with van der Waals surface area (Å²) in [4.78, 5) is 24.3. The van der Waals surface area contributed by atoms with Crippen LogP contribution in [0.3, 0.4) is 0 Å². The zero-order valence-corrected chi connectivity index (χ0v) is 15.6. The molecule has 2 aromatic carbocycles. The number of amides is 2. The van der Waals surface area contributed by atoms with E-state index < -0.39 is 17.4 Å². The number of nitrogens with one attached hydrogen (secondary N) is 2. The fourth-order valence-corrected chi connectivity index (χ4v) is 2.79. The molecule has 2 amide bonds. The molecule has 8 heteroatoms. The number of fused-ring (bicyclic) bond motifs is 1. The average molecular weight is 391 g/mol. The largest absolute Gasteiger partial charge is 0.454 e. The van der Waals surface area contributed by atoms with Crippen molar-refractivity contribution in [3.63, 3.8) is 0 Å². The minimum absolute atomic E-state index is 0.0945. The molecule has 0 fully saturated rings. The summed E-state index contributed by atoms with van der Waals surface area (Å²) in [5, 5.41) is 5.67. The normalized spacial score (nSPS) is 14.3. The van der Waals surface area contributed by atoms with Gasteiger partial charge in [-0.2, -0.15) is 0 Å². The van der Waals surface area contributed by atoms with Gasteiger partial charge in [0.25, 0.3) is 0 Å². The van der Waals surface area contributed by atoms with Crippen molar-refractivity contribution in [1.29, 1.82) is 0 Å². The summed E-state index contributed by atoms with van der Waals surface area (Å²) in [6, 6.07) is 12.0. The van der Waals surface area contributed by atoms with Gasteiger partial charge in [-0.25, -0.2) is 0 Å². The van der Waals surface area contributed by atoms with Gasteiger partial charge in [0.05, 0.1) is 6.54 Å². The maximum atomic E-state index is 12.2. The van der Waals surface area contributed by atoms with Crippen LogP contribution in [0.4, 0.5) is 5.69 Å². The minimum Gasteiger partial charge on any atom is -0.454 e. The Bertz CT molecular complexity index is 873. The number of carbonyl (C=O) groups is 2. The Morgan fingerprint density at radius 1 is 1.15 bits per heavy atom. The number of carbonyl (C=O) groups excluding carboxylic acids is 2. The fourth-order valence-electron chi connectivity index (χ4n) is 2.60. The predicted molar refractivity (Wildman–Crippen MR) is 100 cm³/mol. The van der Waals surface area contributed by atoms with E-state index in [0.29, 0.717) is 22.2 Å². The van der Waals surface area contributed by atoms with Gasteiger partial charge >= 0.3 is 11.8 Å². The summed E-state index contributed by atoms with van der Waals surface area (Å²) in [5.41, 5.74) is 0.386. The van der Waals surface area contributed by atoms with Crippen LogP contribution in [0.25, 0.3) is 0 Å². The van der Waals surface area contributed by atoms with Crippen molar-refractivity contribution >= 4 is 29.1 Å². The first-order valence-electron chi connectivity index (χ1n) is 8.21. The SMILES string of the molecule is CO[C@@](C)(CNC(=O)C(=O)Nc1ccc2c(c1)OCO2)c1cccc(Cl)c1. The highest BCUT2D eigenvalue weighted by Crippen LogP contribution is 2.34. The Morgan fingerprint density at radius 2 is 1.93 bits per heavy atom. The third-order valence-corrected chi connectivity index (χ3v) is 4.54. The quantitative estimate of drug-likeness (QED) is 0.766. The summed E-state index contributed by atoms with van der Waals surface area (Å²) in [6.45, 7) is 2.03. The summed E-state index contributed by atoms with van der Waals surface area (Å²) < 4.78 is 16.0. The van der Waals surface area contributed by atoms with Crippen LogP contribution in [0.5, 0.6) is 11.5 Å². The molecule has 3 rings (SSSR count). The molecule has 1 aliphatic rings. The van der Waals surface area contributed by atoms with Crippen molar-refractivity contribution in [2.75, 3.05) is 25.8 Å². The number of ether oxygens (including phenoxy) is 3. The van der Waals surface area contributed by atoms with Crippen molar-refractivity contribution in [1.82, 2.24) is 5.32 Å². The van der Waals surface area contributed by atoms with Gasteiger partial charge in [0, 0.05) is 23.9 Å². The molecule has 0 radical (unpaired) electrons. The topological polar surface area (TPSA) is 85.9 Å². The van der Waals surface area contributed by atoms with Gasteiger partial charge in [0.1, 0.15) is 5.60 Å². The average Bonchev–Trinajstić information content (AvgIpc) is 3.13. The van der Waals surface area contributed by atoms with E-state index in [-0.39, 0.29) is 13.3 Å². The van der Waals surface area contributed by atoms with E-state index in [2.05, 4.69) is 10.6 Å². The molecule has 27 heavy (non-hydrogen) atoms. The van der Waals surface area contributed by atoms with E-state index in [4.69, 9.17) is 25.8 Å². The zero-order chi connectivity index (χ0) is 19.4. The van der Waals surface area contributed by atoms with Crippen molar-refractivity contribution in [3.8, 4) is 11.5 Å². The van der Waals surface area contributed by atoms with Gasteiger partial charge in [-0.3, -0.25) is 9.59 Å². The van der Waals surface area contributed by atoms with Crippen molar-refractivity contribution in [2.45, 2.75) is 12.5 Å². The number of halogens is 1. The number of hydrogen-bond acceptors (Lipinski definition) is 5. The molecule has 0 aromatic heterocycles. The molecule has 0 unspecified atom stereocenters. The Kier molecular flexibility index (Phi) is 5.53. The Morgan fingerprint density at radius 3 is 2.67 bits per heavy atom. The van der Waals surface area contributed by atoms with Crippen LogP contribution in [0.2, 0.25) is 5.02 Å². The van der Waals surface area contributed by atoms with E-state index in [1.165, 1.54) is 7.11 Å². The van der Waals surface area contributed by atoms with Crippen molar-refractivity contribution < 1.29 is 23.8 Å². The third kappa shape index (κ3) is 4.32. The van der Waals surface area contributed by atoms with Gasteiger partial charge in [-0.15, -0.1) is 0 Å². The lowest BCUT2D eigenvalue weighted by atomic mass is 9.95. The number of anilines is 1. The first-order valence-corrected chi connectivity index (χ1v) is 8.59. The summed E-state index contributed by atoms with van der Waals surface area (Å²) in [7, 11) is 1.53. The van der Waals surface area contributed by atoms with Crippen LogP contribution in [-0.4, -0.2) is 32.3 Å². The molecule has 142 valence electrons. The van der Waals surface area contributed by atoms with Crippen molar-refractivity contribution in [2.24, 2.45) is 0 Å². The molecule has 0 saturated heterocycles. The van der Waals surface area contributed by atoms with E-state index in [9.17, 15) is 9.59 Å². The van der Waals surface area contributed by atoms with Gasteiger partial charge in [0.15, 0.2) is 11.5 Å². The number of methoxy groups -OCH3 is 1. The summed E-state index contributed by atoms with van der Waals surface area (Å²) in [6.07, 6.45) is 0. The lowest BCUT2D eigenvalue weighted by Gasteiger charge is -2.29. The lowest BCUT2D eigenvalue weighted by molar-refractivity contribution is -0.137. The molecule has 0 spiro atoms. The van der Waals surface area contributed by atoms with E-state index in [1.807, 2.05) is 6.07 Å². The minimum atomic E-state index is -0.834. The molecular formula is C19H19ClN2O5. The predicted octanol–water partition coefficient (Wildman–Crippen LogP) is 2.69. The Labute approximate surface area is 161 Å². The first-order chi connectivity index (χ1) is 12.9. The number of benzene rings is 2. The molecule has 1 aliphatic heterocycles. The maximum Gasteiger partial charge on any atom is 0.313 e. The second kappa shape index (κ2) is 7.85. The first kappa shape index (κ1) is 19.0. The standard InChI is InChI=1S/C19H19ClN2O5/c1-19(25-2,12-4-3-5-13(20)8-12)10-21-17(23)18(24)22-14-6-7-15-16(9-14)27-11-26-15/h3-9H,10-11H2,1-2H3,(H,21,23)(H,22,24)/t19-/m0/s1. The molecule has 2 N–H and O–H groups in total. The van der Waals surface area contributed by atoms with Crippen LogP contribution in [0, 0.1) is 0 Å². The fraction of sp³-hybridized carbons (Fsp3) is 0.263. The van der Waals surface area contributed by atoms with E-state index >= 15 is 0 Å². The molecule has 0 aliphatic carbocycles. The zero-order valence-electron chi connectivity index (χ0n) is 14.9. The summed E-state index contributed by atoms with van der Waals surface area (Å²) >= 11 is 6.03. The van der Waals surface area contributed by atoms with Gasteiger partial charge in [-0.05, 0) is 36.8 Å². The Hall–Kier alpha value is -2.77. The second-order valence-electron chi connectivity index (χ2n) is 6.15. The smallest absolute Gasteiger partial charge is 0.313 e. The molecule has 1 atom stereocenters. The van der Waals surface area contributed by atoms with Crippen molar-refractivity contribution in [3.05, 3.63) is 53.1 Å². The van der Waals surface area contributed by atoms with Crippen LogP contribution in [0.15, 0.2) is 42.5 Å². The van der Waals surface area contributed by atoms with Crippen LogP contribution in [-0.2, 0) is 19.9 Å². The lowest BCUT2D eigenvalue weighted by Crippen LogP contribution is -2.44. The van der Waals surface area contributed by atoms with Crippen LogP contribution in [0.1, 0.15) is 12.5 Å². The van der Waals surface area contributed by atoms with Crippen LogP contribution >= 0.6 is 11.6 Å². The molecule has 0 saturated carbocycles. The number of hydrogen-bond donors (Lipinski definition) is 2. The highest BCUT2D eigenvalue weighted by atomic mass is 35.5. The van der Waals surface area contributed by atoms with Gasteiger partial charge in [0.2, 0.25) is 6.79 Å². The molecule has 2 aromatic rings. The second-order valence-corrected chi connectivity index (χ2v) is 6.59. The van der Waals surface area contributed by atoms with Gasteiger partial charge in [-0.1, -0.05) is 23.7 Å².